The molecule has 1 heterocycles. The molecular formula is C38H54O9. The molecular weight excluding hydrogens is 600 g/mol. The molecule has 0 aromatic carbocycles. The summed E-state index contributed by atoms with van der Waals surface area (Å²) in [5, 5.41) is 10.5. The monoisotopic (exact) mass is 654 g/mol. The maximum atomic E-state index is 14.3. The highest BCUT2D eigenvalue weighted by molar-refractivity contribution is 6.06. The Bertz CT molecular complexity index is 1460. The van der Waals surface area contributed by atoms with Crippen LogP contribution in [0.3, 0.4) is 0 Å². The number of carbonyl (C=O) groups excluding carboxylic acids is 2. The fourth-order valence-corrected chi connectivity index (χ4v) is 10.7. The molecule has 0 amide bonds. The van der Waals surface area contributed by atoms with Crippen LogP contribution in [-0.2, 0) is 38.0 Å². The minimum absolute atomic E-state index is 0.0880. The number of hydrogen-bond donors (Lipinski definition) is 1. The van der Waals surface area contributed by atoms with Gasteiger partial charge in [-0.25, -0.2) is 0 Å². The van der Waals surface area contributed by atoms with E-state index in [0.29, 0.717) is 12.0 Å². The Kier molecular flexibility index (Phi) is 8.57. The van der Waals surface area contributed by atoms with Gasteiger partial charge >= 0.3 is 5.97 Å². The molecule has 0 bridgehead atoms. The van der Waals surface area contributed by atoms with E-state index in [1.807, 2.05) is 6.92 Å². The Morgan fingerprint density at radius 2 is 1.47 bits per heavy atom. The molecule has 1 aliphatic heterocycles. The predicted octanol–water partition coefficient (Wildman–Crippen LogP) is 6.53. The highest BCUT2D eigenvalue weighted by Crippen LogP contribution is 2.75. The summed E-state index contributed by atoms with van der Waals surface area (Å²) in [5.41, 5.74) is 2.87. The van der Waals surface area contributed by atoms with Gasteiger partial charge in [-0.05, 0) is 98.2 Å². The first kappa shape index (κ1) is 34.6. The maximum absolute atomic E-state index is 14.3. The van der Waals surface area contributed by atoms with Crippen molar-refractivity contribution in [1.29, 1.82) is 0 Å². The first-order chi connectivity index (χ1) is 22.1. The van der Waals surface area contributed by atoms with E-state index in [1.165, 1.54) is 12.7 Å². The molecule has 6 aliphatic rings. The first-order valence-electron chi connectivity index (χ1n) is 17.2. The number of ether oxygens (including phenoxy) is 6. The second-order valence-electron chi connectivity index (χ2n) is 16.2. The normalized spacial score (nSPS) is 46.3. The lowest BCUT2D eigenvalue weighted by Crippen LogP contribution is -2.63. The van der Waals surface area contributed by atoms with E-state index < -0.39 is 36.3 Å². The van der Waals surface area contributed by atoms with Gasteiger partial charge in [0.2, 0.25) is 12.1 Å². The highest BCUT2D eigenvalue weighted by Gasteiger charge is 2.67. The summed E-state index contributed by atoms with van der Waals surface area (Å²) in [4.78, 5) is 27.1. The number of fused-ring (bicyclic) bond motifs is 7. The Morgan fingerprint density at radius 3 is 2.11 bits per heavy atom. The van der Waals surface area contributed by atoms with Gasteiger partial charge in [0.25, 0.3) is 0 Å². The van der Waals surface area contributed by atoms with Crippen molar-refractivity contribution in [2.75, 3.05) is 28.4 Å². The summed E-state index contributed by atoms with van der Waals surface area (Å²) in [6.45, 7) is 13.5. The number of methoxy groups -OCH3 is 4. The van der Waals surface area contributed by atoms with Crippen molar-refractivity contribution in [2.45, 2.75) is 117 Å². The van der Waals surface area contributed by atoms with Crippen LogP contribution in [-0.4, -0.2) is 76.2 Å². The van der Waals surface area contributed by atoms with Gasteiger partial charge in [-0.3, -0.25) is 9.59 Å². The Labute approximate surface area is 279 Å². The lowest BCUT2D eigenvalue weighted by molar-refractivity contribution is -0.348. The van der Waals surface area contributed by atoms with Crippen LogP contribution in [0.2, 0.25) is 0 Å². The average molecular weight is 655 g/mol. The first-order valence-corrected chi connectivity index (χ1v) is 17.2. The van der Waals surface area contributed by atoms with E-state index in [-0.39, 0.29) is 45.1 Å². The van der Waals surface area contributed by atoms with E-state index in [1.54, 1.807) is 27.4 Å². The summed E-state index contributed by atoms with van der Waals surface area (Å²) >= 11 is 0. The molecule has 3 saturated carbocycles. The minimum atomic E-state index is -1.02. The number of esters is 1. The molecule has 1 N–H and O–H groups in total. The lowest BCUT2D eigenvalue weighted by Gasteiger charge is -2.70. The van der Waals surface area contributed by atoms with Gasteiger partial charge in [0.1, 0.15) is 18.3 Å². The maximum Gasteiger partial charge on any atom is 0.314 e. The topological polar surface area (TPSA) is 110 Å². The van der Waals surface area contributed by atoms with Crippen molar-refractivity contribution >= 4 is 11.8 Å². The smallest absolute Gasteiger partial charge is 0.314 e. The van der Waals surface area contributed by atoms with E-state index in [0.717, 1.165) is 49.7 Å². The SMILES string of the molecule is CO[C@H]1O[C@@H](OC(=O)[C@]2(C)CC[C@]3(C)CC[C@]4(C)C5=CC=C6C(=CC(=O)C(O)=C6C)[C@]5(C)CC[C@@]4(C)[C@@H]3C2)[C@H](OC)[C@@H](OC)[C@@H]1OC. The summed E-state index contributed by atoms with van der Waals surface area (Å²) in [6.07, 6.45) is 8.81. The van der Waals surface area contributed by atoms with Crippen LogP contribution in [0.1, 0.15) is 86.5 Å². The Hall–Kier alpha value is -2.30. The van der Waals surface area contributed by atoms with Gasteiger partial charge in [0.15, 0.2) is 12.0 Å². The van der Waals surface area contributed by atoms with Crippen LogP contribution >= 0.6 is 0 Å². The Balaban J connectivity index is 1.31. The van der Waals surface area contributed by atoms with Crippen molar-refractivity contribution in [3.8, 4) is 0 Å². The molecule has 0 unspecified atom stereocenters. The third kappa shape index (κ3) is 4.81. The Morgan fingerprint density at radius 1 is 0.830 bits per heavy atom. The summed E-state index contributed by atoms with van der Waals surface area (Å²) in [7, 11) is 6.20. The molecule has 47 heavy (non-hydrogen) atoms. The van der Waals surface area contributed by atoms with Crippen LogP contribution in [0.5, 0.6) is 0 Å². The number of allylic oxidation sites excluding steroid dienone is 7. The molecule has 0 aromatic heterocycles. The van der Waals surface area contributed by atoms with Crippen LogP contribution in [0.25, 0.3) is 0 Å². The summed E-state index contributed by atoms with van der Waals surface area (Å²) in [6, 6.07) is 0. The molecule has 11 atom stereocenters. The molecule has 0 spiro atoms. The zero-order chi connectivity index (χ0) is 34.3. The summed E-state index contributed by atoms with van der Waals surface area (Å²) < 4.78 is 35.0. The zero-order valence-corrected chi connectivity index (χ0v) is 29.9. The van der Waals surface area contributed by atoms with Gasteiger partial charge in [0.05, 0.1) is 5.41 Å². The number of aliphatic hydroxyl groups excluding tert-OH is 1. The van der Waals surface area contributed by atoms with E-state index in [9.17, 15) is 14.7 Å². The van der Waals surface area contributed by atoms with Gasteiger partial charge in [-0.15, -0.1) is 0 Å². The number of ketones is 1. The van der Waals surface area contributed by atoms with Crippen LogP contribution < -0.4 is 0 Å². The highest BCUT2D eigenvalue weighted by atomic mass is 16.8. The molecule has 9 heteroatoms. The third-order valence-electron chi connectivity index (χ3n) is 14.1. The van der Waals surface area contributed by atoms with Crippen molar-refractivity contribution in [2.24, 2.45) is 33.0 Å². The second kappa shape index (κ2) is 11.7. The number of rotatable bonds is 6. The molecule has 9 nitrogen and oxygen atoms in total. The average Bonchev–Trinajstić information content (AvgIpc) is 3.05. The quantitative estimate of drug-likeness (QED) is 0.320. The lowest BCUT2D eigenvalue weighted by atomic mass is 9.34. The molecule has 1 saturated heterocycles. The largest absolute Gasteiger partial charge is 0.504 e. The third-order valence-corrected chi connectivity index (χ3v) is 14.1. The molecule has 4 fully saturated rings. The number of hydrogen-bond acceptors (Lipinski definition) is 9. The standard InChI is InChI=1S/C38H54O9/c1-21-22-11-12-25-36(4,23(22)19-24(39)27(21)40)16-18-38(6)26-20-35(3,14-13-34(26,2)15-17-37(25,38)5)33(41)47-32-30(44-9)28(42-7)29(43-8)31(45-10)46-32/h11-12,19,26,28-32,40H,13-18,20H2,1-10H3/t26-,28+,29+,30-,31+,32+,34-,35-,36+,37-,38+/m1/s1. The molecule has 260 valence electrons. The fourth-order valence-electron chi connectivity index (χ4n) is 10.7. The van der Waals surface area contributed by atoms with Gasteiger partial charge in [-0.2, -0.15) is 0 Å². The number of carbonyl (C=O) groups is 2. The van der Waals surface area contributed by atoms with Crippen LogP contribution in [0.4, 0.5) is 0 Å². The fraction of sp³-hybridized carbons (Fsp3) is 0.737. The molecule has 0 radical (unpaired) electrons. The van der Waals surface area contributed by atoms with Gasteiger partial charge < -0.3 is 33.5 Å². The van der Waals surface area contributed by atoms with E-state index in [4.69, 9.17) is 28.4 Å². The number of aliphatic hydroxyl groups is 1. The van der Waals surface area contributed by atoms with Crippen LogP contribution in [0, 0.1) is 33.0 Å². The van der Waals surface area contributed by atoms with Crippen LogP contribution in [0.15, 0.2) is 46.3 Å². The van der Waals surface area contributed by atoms with Crippen molar-refractivity contribution in [3.05, 3.63) is 46.3 Å². The van der Waals surface area contributed by atoms with E-state index in [2.05, 4.69) is 46.8 Å². The predicted molar refractivity (Wildman–Crippen MR) is 175 cm³/mol. The van der Waals surface area contributed by atoms with Gasteiger partial charge in [0, 0.05) is 39.4 Å². The zero-order valence-electron chi connectivity index (χ0n) is 29.9. The molecule has 6 rings (SSSR count). The second-order valence-corrected chi connectivity index (χ2v) is 16.2. The van der Waals surface area contributed by atoms with Crippen molar-refractivity contribution in [1.82, 2.24) is 0 Å². The summed E-state index contributed by atoms with van der Waals surface area (Å²) in [5.74, 6) is -0.484. The van der Waals surface area contributed by atoms with Crippen molar-refractivity contribution in [3.63, 3.8) is 0 Å². The molecule has 5 aliphatic carbocycles. The minimum Gasteiger partial charge on any atom is -0.504 e. The molecule has 0 aromatic rings. The van der Waals surface area contributed by atoms with Gasteiger partial charge in [-0.1, -0.05) is 45.4 Å². The van der Waals surface area contributed by atoms with Crippen molar-refractivity contribution < 1.29 is 43.1 Å². The van der Waals surface area contributed by atoms with E-state index >= 15 is 0 Å².